The van der Waals surface area contributed by atoms with Gasteiger partial charge in [0, 0.05) is 25.2 Å². The van der Waals surface area contributed by atoms with E-state index in [4.69, 9.17) is 10.5 Å². The SMILES string of the molecule is Nc1nc(N2CCOCC2)sc1C(=O)/C=C/c1ccc([N+](=O)[O-])cc1. The van der Waals surface area contributed by atoms with Crippen molar-refractivity contribution in [3.05, 3.63) is 50.9 Å². The summed E-state index contributed by atoms with van der Waals surface area (Å²) in [6, 6.07) is 5.94. The molecule has 0 saturated carbocycles. The van der Waals surface area contributed by atoms with E-state index in [1.165, 1.54) is 29.5 Å². The summed E-state index contributed by atoms with van der Waals surface area (Å²) in [7, 11) is 0. The van der Waals surface area contributed by atoms with E-state index in [0.29, 0.717) is 28.8 Å². The van der Waals surface area contributed by atoms with Crippen molar-refractivity contribution >= 4 is 39.8 Å². The van der Waals surface area contributed by atoms with Crippen molar-refractivity contribution < 1.29 is 14.5 Å². The number of nitrogens with two attached hydrogens (primary N) is 1. The van der Waals surface area contributed by atoms with Crippen LogP contribution in [0, 0.1) is 10.1 Å². The van der Waals surface area contributed by atoms with Gasteiger partial charge >= 0.3 is 0 Å². The minimum Gasteiger partial charge on any atom is -0.382 e. The van der Waals surface area contributed by atoms with Gasteiger partial charge in [0.15, 0.2) is 10.9 Å². The molecule has 2 N–H and O–H groups in total. The Morgan fingerprint density at radius 2 is 2.00 bits per heavy atom. The number of nitrogen functional groups attached to an aromatic ring is 1. The number of anilines is 2. The van der Waals surface area contributed by atoms with Gasteiger partial charge in [0.25, 0.3) is 5.69 Å². The highest BCUT2D eigenvalue weighted by Gasteiger charge is 2.19. The number of hydrogen-bond acceptors (Lipinski definition) is 8. The summed E-state index contributed by atoms with van der Waals surface area (Å²) in [6.07, 6.45) is 2.99. The Bertz CT molecular complexity index is 810. The number of morpholine rings is 1. The van der Waals surface area contributed by atoms with Crippen molar-refractivity contribution in [3.8, 4) is 0 Å². The molecule has 1 aromatic carbocycles. The van der Waals surface area contributed by atoms with Crippen LogP contribution in [0.2, 0.25) is 0 Å². The number of ether oxygens (including phenoxy) is 1. The number of nitro groups is 1. The normalized spacial score (nSPS) is 14.8. The second-order valence-corrected chi connectivity index (χ2v) is 6.33. The number of allylic oxidation sites excluding steroid dienone is 1. The molecule has 2 aromatic rings. The van der Waals surface area contributed by atoms with Gasteiger partial charge in [0.2, 0.25) is 0 Å². The van der Waals surface area contributed by atoms with Crippen molar-refractivity contribution in [2.45, 2.75) is 0 Å². The standard InChI is InChI=1S/C16H16N4O4S/c17-15-14(25-16(18-15)19-7-9-24-10-8-19)13(21)6-3-11-1-4-12(5-2-11)20(22)23/h1-6H,7-10,17H2/b6-3+. The number of aromatic nitrogens is 1. The lowest BCUT2D eigenvalue weighted by Gasteiger charge is -2.25. The van der Waals surface area contributed by atoms with Crippen LogP contribution in [-0.4, -0.2) is 42.0 Å². The molecule has 1 fully saturated rings. The van der Waals surface area contributed by atoms with Crippen LogP contribution in [0.4, 0.5) is 16.6 Å². The lowest BCUT2D eigenvalue weighted by molar-refractivity contribution is -0.384. The highest BCUT2D eigenvalue weighted by atomic mass is 32.1. The molecule has 0 spiro atoms. The van der Waals surface area contributed by atoms with Gasteiger partial charge < -0.3 is 15.4 Å². The summed E-state index contributed by atoms with van der Waals surface area (Å²) in [4.78, 5) is 29.2. The van der Waals surface area contributed by atoms with E-state index in [2.05, 4.69) is 4.98 Å². The molecular formula is C16H16N4O4S. The number of rotatable bonds is 5. The fraction of sp³-hybridized carbons (Fsp3) is 0.250. The first kappa shape index (κ1) is 17.1. The van der Waals surface area contributed by atoms with Gasteiger partial charge in [-0.05, 0) is 23.8 Å². The van der Waals surface area contributed by atoms with E-state index in [0.717, 1.165) is 13.1 Å². The Labute approximate surface area is 147 Å². The number of benzene rings is 1. The predicted octanol–water partition coefficient (Wildman–Crippen LogP) is 2.37. The number of nitrogens with zero attached hydrogens (tertiary/aromatic N) is 3. The van der Waals surface area contributed by atoms with Gasteiger partial charge in [0.1, 0.15) is 10.7 Å². The highest BCUT2D eigenvalue weighted by Crippen LogP contribution is 2.29. The highest BCUT2D eigenvalue weighted by molar-refractivity contribution is 7.18. The van der Waals surface area contributed by atoms with Gasteiger partial charge in [-0.3, -0.25) is 14.9 Å². The zero-order valence-electron chi connectivity index (χ0n) is 13.3. The van der Waals surface area contributed by atoms with Crippen LogP contribution >= 0.6 is 11.3 Å². The zero-order chi connectivity index (χ0) is 17.8. The second kappa shape index (κ2) is 7.41. The largest absolute Gasteiger partial charge is 0.382 e. The number of hydrogen-bond donors (Lipinski definition) is 1. The third-order valence-corrected chi connectivity index (χ3v) is 4.83. The number of non-ortho nitro benzene ring substituents is 1. The summed E-state index contributed by atoms with van der Waals surface area (Å²) in [5.74, 6) is -0.0299. The molecule has 1 aromatic heterocycles. The van der Waals surface area contributed by atoms with E-state index in [-0.39, 0.29) is 17.3 Å². The van der Waals surface area contributed by atoms with Crippen LogP contribution in [-0.2, 0) is 4.74 Å². The minimum atomic E-state index is -0.468. The number of carbonyl (C=O) groups excluding carboxylic acids is 1. The zero-order valence-corrected chi connectivity index (χ0v) is 14.1. The summed E-state index contributed by atoms with van der Waals surface area (Å²) in [5, 5.41) is 11.4. The van der Waals surface area contributed by atoms with Crippen LogP contribution in [0.3, 0.4) is 0 Å². The van der Waals surface area contributed by atoms with Crippen LogP contribution < -0.4 is 10.6 Å². The van der Waals surface area contributed by atoms with Crippen molar-refractivity contribution in [2.75, 3.05) is 36.9 Å². The Kier molecular flexibility index (Phi) is 5.05. The molecular weight excluding hydrogens is 344 g/mol. The first-order valence-corrected chi connectivity index (χ1v) is 8.42. The Hall–Kier alpha value is -2.78. The van der Waals surface area contributed by atoms with Crippen LogP contribution in [0.1, 0.15) is 15.2 Å². The number of nitro benzene ring substituents is 1. The first-order chi connectivity index (χ1) is 12.0. The van der Waals surface area contributed by atoms with E-state index in [1.54, 1.807) is 18.2 Å². The van der Waals surface area contributed by atoms with E-state index >= 15 is 0 Å². The van der Waals surface area contributed by atoms with Crippen LogP contribution in [0.25, 0.3) is 6.08 Å². The molecule has 0 radical (unpaired) electrons. The average Bonchev–Trinajstić information content (AvgIpc) is 3.02. The predicted molar refractivity (Wildman–Crippen MR) is 96.0 cm³/mol. The molecule has 1 saturated heterocycles. The minimum absolute atomic E-state index is 0.00494. The van der Waals surface area contributed by atoms with Gasteiger partial charge in [-0.2, -0.15) is 0 Å². The molecule has 9 heteroatoms. The molecule has 8 nitrogen and oxygen atoms in total. The quantitative estimate of drug-likeness (QED) is 0.377. The Balaban J connectivity index is 1.72. The van der Waals surface area contributed by atoms with Crippen LogP contribution in [0.5, 0.6) is 0 Å². The van der Waals surface area contributed by atoms with E-state index in [1.807, 2.05) is 4.90 Å². The summed E-state index contributed by atoms with van der Waals surface area (Å²) in [6.45, 7) is 2.70. The molecule has 0 atom stereocenters. The number of carbonyl (C=O) groups is 1. The molecule has 2 heterocycles. The van der Waals surface area contributed by atoms with Crippen molar-refractivity contribution in [2.24, 2.45) is 0 Å². The molecule has 0 amide bonds. The molecule has 0 bridgehead atoms. The molecule has 1 aliphatic heterocycles. The monoisotopic (exact) mass is 360 g/mol. The summed E-state index contributed by atoms with van der Waals surface area (Å²) in [5.41, 5.74) is 6.58. The van der Waals surface area contributed by atoms with Gasteiger partial charge in [0.05, 0.1) is 18.1 Å². The molecule has 0 unspecified atom stereocenters. The maximum atomic E-state index is 12.4. The van der Waals surface area contributed by atoms with Gasteiger partial charge in [-0.15, -0.1) is 0 Å². The van der Waals surface area contributed by atoms with Gasteiger partial charge in [-0.1, -0.05) is 17.4 Å². The number of thiazole rings is 1. The maximum Gasteiger partial charge on any atom is 0.269 e. The lowest BCUT2D eigenvalue weighted by Crippen LogP contribution is -2.36. The molecule has 3 rings (SSSR count). The topological polar surface area (TPSA) is 112 Å². The Morgan fingerprint density at radius 3 is 2.64 bits per heavy atom. The van der Waals surface area contributed by atoms with Crippen molar-refractivity contribution in [1.82, 2.24) is 4.98 Å². The van der Waals surface area contributed by atoms with E-state index < -0.39 is 4.92 Å². The molecule has 0 aliphatic carbocycles. The maximum absolute atomic E-state index is 12.4. The third-order valence-electron chi connectivity index (χ3n) is 3.68. The lowest BCUT2D eigenvalue weighted by atomic mass is 10.1. The molecule has 25 heavy (non-hydrogen) atoms. The second-order valence-electron chi connectivity index (χ2n) is 5.36. The van der Waals surface area contributed by atoms with Crippen molar-refractivity contribution in [3.63, 3.8) is 0 Å². The van der Waals surface area contributed by atoms with Crippen molar-refractivity contribution in [1.29, 1.82) is 0 Å². The van der Waals surface area contributed by atoms with Crippen LogP contribution in [0.15, 0.2) is 30.3 Å². The molecule has 130 valence electrons. The number of ketones is 1. The Morgan fingerprint density at radius 1 is 1.32 bits per heavy atom. The third kappa shape index (κ3) is 4.01. The fourth-order valence-electron chi connectivity index (χ4n) is 2.34. The summed E-state index contributed by atoms with van der Waals surface area (Å²) >= 11 is 1.26. The summed E-state index contributed by atoms with van der Waals surface area (Å²) < 4.78 is 5.30. The average molecular weight is 360 g/mol. The first-order valence-electron chi connectivity index (χ1n) is 7.60. The fourth-order valence-corrected chi connectivity index (χ4v) is 3.30. The smallest absolute Gasteiger partial charge is 0.269 e. The molecule has 1 aliphatic rings. The van der Waals surface area contributed by atoms with Gasteiger partial charge in [-0.25, -0.2) is 4.98 Å². The van der Waals surface area contributed by atoms with E-state index in [9.17, 15) is 14.9 Å².